The molecule has 1 unspecified atom stereocenters. The molecule has 1 aliphatic carbocycles. The summed E-state index contributed by atoms with van der Waals surface area (Å²) in [6, 6.07) is 15.8. The van der Waals surface area contributed by atoms with Crippen LogP contribution >= 0.6 is 0 Å². The predicted octanol–water partition coefficient (Wildman–Crippen LogP) is 4.49. The highest BCUT2D eigenvalue weighted by Gasteiger charge is 2.34. The molecule has 0 radical (unpaired) electrons. The van der Waals surface area contributed by atoms with Crippen LogP contribution in [0.3, 0.4) is 0 Å². The van der Waals surface area contributed by atoms with Crippen molar-refractivity contribution in [3.63, 3.8) is 0 Å². The first-order valence-corrected chi connectivity index (χ1v) is 9.96. The highest BCUT2D eigenvalue weighted by Crippen LogP contribution is 2.22. The minimum Gasteiger partial charge on any atom is -0.497 e. The molecule has 2 aromatic carbocycles. The van der Waals surface area contributed by atoms with Gasteiger partial charge >= 0.3 is 12.1 Å². The highest BCUT2D eigenvalue weighted by atomic mass is 16.5. The lowest BCUT2D eigenvalue weighted by atomic mass is 9.94. The molecule has 7 heteroatoms. The number of amidine groups is 1. The van der Waals surface area contributed by atoms with Gasteiger partial charge in [-0.05, 0) is 42.3 Å². The number of fused-ring (bicyclic) bond motifs is 1. The van der Waals surface area contributed by atoms with E-state index in [9.17, 15) is 9.59 Å². The maximum atomic E-state index is 12.8. The molecule has 0 saturated heterocycles. The Kier molecular flexibility index (Phi) is 6.03. The molecule has 1 atom stereocenters. The summed E-state index contributed by atoms with van der Waals surface area (Å²) < 4.78 is 5.19. The number of ether oxygens (including phenoxy) is 1. The van der Waals surface area contributed by atoms with Gasteiger partial charge in [0.05, 0.1) is 18.7 Å². The number of aliphatic imine (C=N–C) groups is 2. The minimum absolute atomic E-state index is 0.347. The van der Waals surface area contributed by atoms with Crippen molar-refractivity contribution in [1.82, 2.24) is 4.90 Å². The Morgan fingerprint density at radius 1 is 1.13 bits per heavy atom. The summed E-state index contributed by atoms with van der Waals surface area (Å²) >= 11 is 0. The van der Waals surface area contributed by atoms with Crippen LogP contribution in [0, 0.1) is 5.92 Å². The molecule has 0 fully saturated rings. The molecule has 0 bridgehead atoms. The lowest BCUT2D eigenvalue weighted by molar-refractivity contribution is 0.228. The molecule has 2 aliphatic rings. The molecule has 2 aromatic rings. The molecule has 1 aliphatic heterocycles. The number of carbonyl (C=O) groups excluding carboxylic acids is 2. The number of carbonyl (C=O) groups is 2. The van der Waals surface area contributed by atoms with Crippen molar-refractivity contribution in [3.8, 4) is 5.75 Å². The van der Waals surface area contributed by atoms with Crippen LogP contribution in [0.25, 0.3) is 0 Å². The number of urea groups is 2. The summed E-state index contributed by atoms with van der Waals surface area (Å²) in [5.41, 5.74) is 2.26. The van der Waals surface area contributed by atoms with E-state index in [4.69, 9.17) is 4.74 Å². The molecule has 4 amide bonds. The third-order valence-electron chi connectivity index (χ3n) is 5.03. The minimum atomic E-state index is -0.535. The number of amides is 4. The van der Waals surface area contributed by atoms with E-state index >= 15 is 0 Å². The fraction of sp³-hybridized carbons (Fsp3) is 0.167. The predicted molar refractivity (Wildman–Crippen MR) is 121 cm³/mol. The third-order valence-corrected chi connectivity index (χ3v) is 5.03. The number of hydrogen-bond donors (Lipinski definition) is 1. The standard InChI is InChI=1S/C24H22N4O3/c1-31-19-13-11-17(12-14-19)15-16-28-22(20-9-5-6-10-21(20)26-24(28)30)27-23(29)25-18-7-3-2-4-8-18/h2-14,20H,15-16H2,1H3,(H,25,29)/b27-22-. The monoisotopic (exact) mass is 414 g/mol. The number of allylic oxidation sites excluding steroid dienone is 3. The smallest absolute Gasteiger partial charge is 0.349 e. The van der Waals surface area contributed by atoms with Gasteiger partial charge in [-0.3, -0.25) is 4.90 Å². The van der Waals surface area contributed by atoms with Crippen LogP contribution in [0.15, 0.2) is 88.9 Å². The lowest BCUT2D eigenvalue weighted by Gasteiger charge is -2.31. The maximum Gasteiger partial charge on any atom is 0.349 e. The fourth-order valence-corrected chi connectivity index (χ4v) is 3.44. The van der Waals surface area contributed by atoms with E-state index in [0.717, 1.165) is 11.3 Å². The summed E-state index contributed by atoms with van der Waals surface area (Å²) in [6.45, 7) is 0.355. The average molecular weight is 414 g/mol. The molecule has 31 heavy (non-hydrogen) atoms. The van der Waals surface area contributed by atoms with Crippen LogP contribution in [0.4, 0.5) is 15.3 Å². The average Bonchev–Trinajstić information content (AvgIpc) is 2.79. The lowest BCUT2D eigenvalue weighted by Crippen LogP contribution is -2.47. The number of anilines is 1. The molecule has 4 rings (SSSR count). The van der Waals surface area contributed by atoms with E-state index in [2.05, 4.69) is 15.3 Å². The van der Waals surface area contributed by atoms with Crippen molar-refractivity contribution >= 4 is 29.3 Å². The Labute approximate surface area is 180 Å². The van der Waals surface area contributed by atoms with Crippen molar-refractivity contribution in [2.24, 2.45) is 15.9 Å². The van der Waals surface area contributed by atoms with E-state index in [1.165, 1.54) is 4.90 Å². The van der Waals surface area contributed by atoms with Crippen molar-refractivity contribution in [2.45, 2.75) is 6.42 Å². The SMILES string of the molecule is COc1ccc(CCN2C(=O)N=C3C=CC=CC3/C2=N/C(=O)Nc2ccccc2)cc1. The quantitative estimate of drug-likeness (QED) is 0.783. The van der Waals surface area contributed by atoms with Gasteiger partial charge < -0.3 is 10.1 Å². The Morgan fingerprint density at radius 3 is 2.65 bits per heavy atom. The first-order valence-electron chi connectivity index (χ1n) is 9.96. The van der Waals surface area contributed by atoms with Gasteiger partial charge in [0.25, 0.3) is 0 Å². The summed E-state index contributed by atoms with van der Waals surface area (Å²) in [7, 11) is 1.62. The molecular weight excluding hydrogens is 392 g/mol. The number of nitrogens with one attached hydrogen (secondary N) is 1. The molecular formula is C24H22N4O3. The molecule has 0 spiro atoms. The molecule has 1 N–H and O–H groups in total. The molecule has 7 nitrogen and oxygen atoms in total. The summed E-state index contributed by atoms with van der Waals surface area (Å²) in [5.74, 6) is 0.795. The van der Waals surface area contributed by atoms with Gasteiger partial charge in [-0.2, -0.15) is 9.98 Å². The first kappa shape index (κ1) is 20.3. The molecule has 0 aromatic heterocycles. The largest absolute Gasteiger partial charge is 0.497 e. The normalized spacial score (nSPS) is 18.5. The van der Waals surface area contributed by atoms with Crippen LogP contribution in [-0.4, -0.2) is 42.2 Å². The molecule has 1 heterocycles. The Bertz CT molecular complexity index is 1090. The van der Waals surface area contributed by atoms with Crippen LogP contribution < -0.4 is 10.1 Å². The van der Waals surface area contributed by atoms with Crippen LogP contribution in [0.5, 0.6) is 5.75 Å². The van der Waals surface area contributed by atoms with Gasteiger partial charge in [0, 0.05) is 12.2 Å². The maximum absolute atomic E-state index is 12.8. The fourth-order valence-electron chi connectivity index (χ4n) is 3.44. The Hall–Kier alpha value is -4.00. The zero-order valence-electron chi connectivity index (χ0n) is 17.1. The van der Waals surface area contributed by atoms with E-state index in [1.807, 2.05) is 60.7 Å². The number of para-hydroxylation sites is 1. The van der Waals surface area contributed by atoms with Crippen molar-refractivity contribution < 1.29 is 14.3 Å². The van der Waals surface area contributed by atoms with E-state index in [1.54, 1.807) is 25.3 Å². The van der Waals surface area contributed by atoms with Gasteiger partial charge in [-0.1, -0.05) is 48.6 Å². The number of methoxy groups -OCH3 is 1. The topological polar surface area (TPSA) is 83.4 Å². The van der Waals surface area contributed by atoms with Gasteiger partial charge in [0.15, 0.2) is 0 Å². The molecule has 0 saturated carbocycles. The van der Waals surface area contributed by atoms with Gasteiger partial charge in [-0.15, -0.1) is 0 Å². The van der Waals surface area contributed by atoms with E-state index in [0.29, 0.717) is 30.2 Å². The number of hydrogen-bond acceptors (Lipinski definition) is 3. The van der Waals surface area contributed by atoms with Crippen molar-refractivity contribution in [1.29, 1.82) is 0 Å². The summed E-state index contributed by atoms with van der Waals surface area (Å²) in [6.07, 6.45) is 7.93. The summed E-state index contributed by atoms with van der Waals surface area (Å²) in [4.78, 5) is 35.3. The van der Waals surface area contributed by atoms with Crippen LogP contribution in [0.1, 0.15) is 5.56 Å². The van der Waals surface area contributed by atoms with E-state index in [-0.39, 0.29) is 5.92 Å². The highest BCUT2D eigenvalue weighted by molar-refractivity contribution is 6.24. The van der Waals surface area contributed by atoms with Gasteiger partial charge in [-0.25, -0.2) is 9.59 Å². The first-order chi connectivity index (χ1) is 15.1. The van der Waals surface area contributed by atoms with Gasteiger partial charge in [0.2, 0.25) is 0 Å². The third kappa shape index (κ3) is 4.78. The van der Waals surface area contributed by atoms with Crippen molar-refractivity contribution in [3.05, 3.63) is 84.5 Å². The Morgan fingerprint density at radius 2 is 1.90 bits per heavy atom. The summed E-state index contributed by atoms with van der Waals surface area (Å²) in [5, 5.41) is 2.75. The molecule has 156 valence electrons. The van der Waals surface area contributed by atoms with Crippen LogP contribution in [0.2, 0.25) is 0 Å². The number of nitrogens with zero attached hydrogens (tertiary/aromatic N) is 3. The second-order valence-corrected chi connectivity index (χ2v) is 7.06. The zero-order chi connectivity index (χ0) is 21.6. The second kappa shape index (κ2) is 9.21. The number of benzene rings is 2. The zero-order valence-corrected chi connectivity index (χ0v) is 17.1. The van der Waals surface area contributed by atoms with Gasteiger partial charge in [0.1, 0.15) is 11.6 Å². The second-order valence-electron chi connectivity index (χ2n) is 7.06. The Balaban J connectivity index is 1.58. The van der Waals surface area contributed by atoms with Crippen LogP contribution in [-0.2, 0) is 6.42 Å². The number of rotatable bonds is 5. The van der Waals surface area contributed by atoms with E-state index < -0.39 is 12.1 Å². The van der Waals surface area contributed by atoms with Crippen molar-refractivity contribution in [2.75, 3.05) is 19.0 Å².